The number of aromatic nitrogens is 2. The number of pyridine rings is 1. The van der Waals surface area contributed by atoms with Gasteiger partial charge in [-0.3, -0.25) is 8.87 Å². The molecule has 4 nitrogen and oxygen atoms in total. The molecule has 0 radical (unpaired) electrons. The number of nitrogens with zero attached hydrogens (tertiary/aromatic N) is 3. The Morgan fingerprint density at radius 3 is 2.65 bits per heavy atom. The number of likely N-dealkylation sites (tertiary alicyclic amines) is 1. The van der Waals surface area contributed by atoms with Crippen molar-refractivity contribution in [3.63, 3.8) is 0 Å². The molecule has 1 aliphatic heterocycles. The van der Waals surface area contributed by atoms with E-state index in [0.717, 1.165) is 65.8 Å². The van der Waals surface area contributed by atoms with Crippen LogP contribution in [0.3, 0.4) is 0 Å². The first-order valence-corrected chi connectivity index (χ1v) is 14.5. The topological polar surface area (TPSA) is 41.3 Å². The smallest absolute Gasteiger partial charge is 0.263 e. The predicted octanol–water partition coefficient (Wildman–Crippen LogP) is 7.11. The molecule has 1 aliphatic rings. The lowest BCUT2D eigenvalue weighted by molar-refractivity contribution is 0.0668. The maximum Gasteiger partial charge on any atom is 0.263 e. The fourth-order valence-electron chi connectivity index (χ4n) is 4.60. The molecule has 34 heavy (non-hydrogen) atoms. The highest BCUT2D eigenvalue weighted by atomic mass is 127. The van der Waals surface area contributed by atoms with Crippen molar-refractivity contribution in [3.8, 4) is 22.3 Å². The Balaban J connectivity index is 1.46. The zero-order valence-corrected chi connectivity index (χ0v) is 21.3. The number of hydrogen-bond acceptors (Lipinski definition) is 4. The van der Waals surface area contributed by atoms with Crippen molar-refractivity contribution < 1.29 is 13.9 Å². The van der Waals surface area contributed by atoms with Gasteiger partial charge in [0.25, 0.3) is 6.43 Å². The molecule has 176 valence electrons. The second-order valence-electron chi connectivity index (χ2n) is 8.69. The maximum atomic E-state index is 13.3. The summed E-state index contributed by atoms with van der Waals surface area (Å²) in [5, 5.41) is 10.8. The first kappa shape index (κ1) is 23.7. The third kappa shape index (κ3) is 5.00. The van der Waals surface area contributed by atoms with Crippen LogP contribution in [0.25, 0.3) is 33.3 Å². The van der Waals surface area contributed by atoms with Crippen molar-refractivity contribution in [1.29, 1.82) is 0 Å². The van der Waals surface area contributed by atoms with E-state index in [1.807, 2.05) is 22.4 Å². The molecule has 0 spiro atoms. The van der Waals surface area contributed by atoms with Gasteiger partial charge >= 0.3 is 0 Å². The number of benzene rings is 2. The lowest BCUT2D eigenvalue weighted by atomic mass is 10.00. The summed E-state index contributed by atoms with van der Waals surface area (Å²) in [6.07, 6.45) is 3.00. The normalized spacial score (nSPS) is 17.0. The summed E-state index contributed by atoms with van der Waals surface area (Å²) in [7, 11) is 1.50. The number of aliphatic hydroxyl groups excluding tert-OH is 1. The molecule has 1 N–H and O–H groups in total. The molecule has 4 aromatic rings. The second-order valence-corrected chi connectivity index (χ2v) is 10.4. The summed E-state index contributed by atoms with van der Waals surface area (Å²) >= 11 is 2.20. The van der Waals surface area contributed by atoms with Gasteiger partial charge in [0, 0.05) is 77.9 Å². The average molecular weight is 591 g/mol. The van der Waals surface area contributed by atoms with Crippen molar-refractivity contribution >= 4 is 41.4 Å². The van der Waals surface area contributed by atoms with Gasteiger partial charge in [-0.05, 0) is 48.2 Å². The summed E-state index contributed by atoms with van der Waals surface area (Å²) in [6, 6.07) is 17.1. The number of halogens is 3. The van der Waals surface area contributed by atoms with Crippen LogP contribution in [-0.2, 0) is 6.54 Å². The zero-order valence-electron chi connectivity index (χ0n) is 18.4. The van der Waals surface area contributed by atoms with E-state index in [9.17, 15) is 13.9 Å². The minimum Gasteiger partial charge on any atom is -0.392 e. The predicted molar refractivity (Wildman–Crippen MR) is 143 cm³/mol. The van der Waals surface area contributed by atoms with E-state index in [2.05, 4.69) is 56.4 Å². The summed E-state index contributed by atoms with van der Waals surface area (Å²) in [5.74, 6) is 0. The number of aliphatic hydroxyl groups is 1. The molecule has 1 atom stereocenters. The van der Waals surface area contributed by atoms with Crippen LogP contribution in [0.15, 0.2) is 67.0 Å². The fourth-order valence-corrected chi connectivity index (χ4v) is 5.85. The van der Waals surface area contributed by atoms with Crippen LogP contribution in [0.4, 0.5) is 8.78 Å². The van der Waals surface area contributed by atoms with E-state index in [0.29, 0.717) is 0 Å². The van der Waals surface area contributed by atoms with E-state index in [4.69, 9.17) is 4.98 Å². The third-order valence-electron chi connectivity index (χ3n) is 6.31. The summed E-state index contributed by atoms with van der Waals surface area (Å²) in [5.41, 5.74) is 5.71. The lowest BCUT2D eigenvalue weighted by Gasteiger charge is -2.29. The molecule has 1 fully saturated rings. The standard InChI is InChI=1S/C26H24F2IN3OS/c27-25(28)20-4-1-3-19(11-20)24-16-32(34-29)26-23(24)12-21(13-30-26)18-8-6-17(7-9-18)14-31-10-2-5-22(33)15-31/h1,3-4,6-9,11-13,16,22,25,33H,2,5,10,14-15H2. The summed E-state index contributed by atoms with van der Waals surface area (Å²) < 4.78 is 28.5. The molecular formula is C26H24F2IN3OS. The molecular weight excluding hydrogens is 567 g/mol. The van der Waals surface area contributed by atoms with E-state index in [-0.39, 0.29) is 11.7 Å². The summed E-state index contributed by atoms with van der Waals surface area (Å²) in [6.45, 7) is 2.57. The molecule has 8 heteroatoms. The summed E-state index contributed by atoms with van der Waals surface area (Å²) in [4.78, 5) is 7.00. The largest absolute Gasteiger partial charge is 0.392 e. The Labute approximate surface area is 213 Å². The monoisotopic (exact) mass is 591 g/mol. The van der Waals surface area contributed by atoms with Gasteiger partial charge in [-0.15, -0.1) is 0 Å². The molecule has 0 bridgehead atoms. The quantitative estimate of drug-likeness (QED) is 0.243. The van der Waals surface area contributed by atoms with Crippen molar-refractivity contribution in [2.75, 3.05) is 13.1 Å². The number of piperidine rings is 1. The van der Waals surface area contributed by atoms with E-state index in [1.54, 1.807) is 12.1 Å². The molecule has 0 amide bonds. The molecule has 0 aliphatic carbocycles. The highest BCUT2D eigenvalue weighted by Gasteiger charge is 2.18. The fraction of sp³-hybridized carbons (Fsp3) is 0.269. The second kappa shape index (κ2) is 10.3. The van der Waals surface area contributed by atoms with Gasteiger partial charge in [-0.2, -0.15) is 0 Å². The van der Waals surface area contributed by atoms with Gasteiger partial charge in [0.15, 0.2) is 5.65 Å². The van der Waals surface area contributed by atoms with Crippen LogP contribution in [0.2, 0.25) is 0 Å². The Morgan fingerprint density at radius 1 is 1.09 bits per heavy atom. The molecule has 5 rings (SSSR count). The third-order valence-corrected chi connectivity index (χ3v) is 8.01. The highest BCUT2D eigenvalue weighted by Crippen LogP contribution is 2.37. The molecule has 2 aromatic carbocycles. The average Bonchev–Trinajstić information content (AvgIpc) is 3.23. The number of β-amino-alcohol motifs (C(OH)–C–C–N with tert-alkyl or cyclic N) is 1. The van der Waals surface area contributed by atoms with Crippen molar-refractivity contribution in [2.45, 2.75) is 31.9 Å². The van der Waals surface area contributed by atoms with Gasteiger partial charge in [0.1, 0.15) is 0 Å². The van der Waals surface area contributed by atoms with Gasteiger partial charge in [0.05, 0.1) is 6.10 Å². The van der Waals surface area contributed by atoms with Crippen LogP contribution in [-0.4, -0.2) is 38.2 Å². The Hall–Kier alpha value is -2.01. The van der Waals surface area contributed by atoms with Crippen LogP contribution in [0.5, 0.6) is 0 Å². The Morgan fingerprint density at radius 2 is 1.91 bits per heavy atom. The molecule has 2 aromatic heterocycles. The van der Waals surface area contributed by atoms with Gasteiger partial charge in [-0.25, -0.2) is 13.8 Å². The number of fused-ring (bicyclic) bond motifs is 1. The maximum absolute atomic E-state index is 13.3. The van der Waals surface area contributed by atoms with Gasteiger partial charge in [0.2, 0.25) is 0 Å². The Kier molecular flexibility index (Phi) is 7.19. The zero-order chi connectivity index (χ0) is 23.7. The first-order valence-electron chi connectivity index (χ1n) is 11.2. The van der Waals surface area contributed by atoms with Crippen LogP contribution < -0.4 is 0 Å². The van der Waals surface area contributed by atoms with Crippen LogP contribution in [0, 0.1) is 0 Å². The van der Waals surface area contributed by atoms with Crippen molar-refractivity contribution in [3.05, 3.63) is 78.1 Å². The number of hydrogen-bond donors (Lipinski definition) is 1. The molecule has 0 saturated carbocycles. The van der Waals surface area contributed by atoms with Crippen LogP contribution in [0.1, 0.15) is 30.4 Å². The minimum absolute atomic E-state index is 0.0152. The van der Waals surface area contributed by atoms with Crippen molar-refractivity contribution in [1.82, 2.24) is 13.9 Å². The SMILES string of the molecule is OC1CCCN(Cc2ccc(-c3cnc4c(c3)c(-c3cccc(C(F)F)c3)cn4SI)cc2)C1. The first-order chi connectivity index (χ1) is 16.5. The minimum atomic E-state index is -2.51. The van der Waals surface area contributed by atoms with Gasteiger partial charge in [-0.1, -0.05) is 42.5 Å². The highest BCUT2D eigenvalue weighted by molar-refractivity contribution is 14.2. The van der Waals surface area contributed by atoms with Crippen LogP contribution >= 0.6 is 30.3 Å². The molecule has 1 saturated heterocycles. The van der Waals surface area contributed by atoms with Crippen molar-refractivity contribution in [2.24, 2.45) is 0 Å². The number of rotatable bonds is 6. The van der Waals surface area contributed by atoms with E-state index in [1.165, 1.54) is 20.7 Å². The van der Waals surface area contributed by atoms with E-state index >= 15 is 0 Å². The van der Waals surface area contributed by atoms with E-state index < -0.39 is 6.43 Å². The number of alkyl halides is 2. The Bertz CT molecular complexity index is 1300. The molecule has 1 unspecified atom stereocenters. The molecule has 3 heterocycles. The van der Waals surface area contributed by atoms with Gasteiger partial charge < -0.3 is 5.11 Å². The lowest BCUT2D eigenvalue weighted by Crippen LogP contribution is -2.37.